The topological polar surface area (TPSA) is 57.2 Å². The third-order valence-electron chi connectivity index (χ3n) is 3.24. The number of hydrogen-bond acceptors (Lipinski definition) is 3. The van der Waals surface area contributed by atoms with Crippen molar-refractivity contribution < 1.29 is 4.79 Å². The van der Waals surface area contributed by atoms with E-state index >= 15 is 0 Å². The zero-order valence-electron chi connectivity index (χ0n) is 11.4. The second-order valence-electron chi connectivity index (χ2n) is 4.71. The Labute approximate surface area is 126 Å². The van der Waals surface area contributed by atoms with Gasteiger partial charge in [-0.1, -0.05) is 18.2 Å². The van der Waals surface area contributed by atoms with Gasteiger partial charge in [-0.2, -0.15) is 16.4 Å². The molecule has 0 radical (unpaired) electrons. The molecule has 4 nitrogen and oxygen atoms in total. The molecular formula is C16H15N3OS. The quantitative estimate of drug-likeness (QED) is 0.551. The molecule has 2 N–H and O–H groups in total. The molecule has 0 bridgehead atoms. The predicted molar refractivity (Wildman–Crippen MR) is 86.7 cm³/mol. The Kier molecular flexibility index (Phi) is 4.12. The van der Waals surface area contributed by atoms with E-state index in [4.69, 9.17) is 0 Å². The van der Waals surface area contributed by atoms with Crippen LogP contribution in [0.15, 0.2) is 52.4 Å². The lowest BCUT2D eigenvalue weighted by Crippen LogP contribution is -2.17. The lowest BCUT2D eigenvalue weighted by Gasteiger charge is -1.99. The first-order valence-corrected chi connectivity index (χ1v) is 7.66. The summed E-state index contributed by atoms with van der Waals surface area (Å²) in [6.45, 7) is 0. The molecule has 0 unspecified atom stereocenters. The van der Waals surface area contributed by atoms with Gasteiger partial charge in [-0.15, -0.1) is 0 Å². The van der Waals surface area contributed by atoms with Crippen molar-refractivity contribution in [3.05, 3.63) is 58.4 Å². The number of hydrogen-bond donors (Lipinski definition) is 2. The minimum atomic E-state index is -0.0771. The number of carbonyl (C=O) groups is 1. The fourth-order valence-corrected chi connectivity index (χ4v) is 2.78. The summed E-state index contributed by atoms with van der Waals surface area (Å²) in [5, 5.41) is 9.07. The molecule has 0 fully saturated rings. The smallest absolute Gasteiger partial charge is 0.240 e. The summed E-state index contributed by atoms with van der Waals surface area (Å²) < 4.78 is 0. The van der Waals surface area contributed by atoms with Crippen LogP contribution in [0.2, 0.25) is 0 Å². The number of nitrogens with zero attached hydrogens (tertiary/aromatic N) is 1. The summed E-state index contributed by atoms with van der Waals surface area (Å²) in [6.07, 6.45) is 4.74. The van der Waals surface area contributed by atoms with Gasteiger partial charge >= 0.3 is 0 Å². The van der Waals surface area contributed by atoms with Crippen LogP contribution >= 0.6 is 11.3 Å². The molecule has 0 aliphatic rings. The highest BCUT2D eigenvalue weighted by atomic mass is 32.1. The first kappa shape index (κ1) is 13.6. The molecule has 106 valence electrons. The van der Waals surface area contributed by atoms with Crippen molar-refractivity contribution in [1.29, 1.82) is 0 Å². The number of fused-ring (bicyclic) bond motifs is 1. The molecule has 2 aromatic heterocycles. The molecular weight excluding hydrogens is 282 g/mol. The fourth-order valence-electron chi connectivity index (χ4n) is 2.17. The zero-order chi connectivity index (χ0) is 14.5. The number of nitrogens with one attached hydrogen (secondary N) is 2. The summed E-state index contributed by atoms with van der Waals surface area (Å²) in [5.74, 6) is -0.0771. The molecule has 0 atom stereocenters. The SMILES string of the molecule is O=C(CCc1c[nH]c2ccccc12)N/N=C/c1ccsc1. The lowest BCUT2D eigenvalue weighted by molar-refractivity contribution is -0.121. The Morgan fingerprint density at radius 3 is 3.10 bits per heavy atom. The third kappa shape index (κ3) is 3.38. The summed E-state index contributed by atoms with van der Waals surface area (Å²) in [7, 11) is 0. The largest absolute Gasteiger partial charge is 0.361 e. The average molecular weight is 297 g/mol. The number of thiophene rings is 1. The standard InChI is InChI=1S/C16H15N3OS/c20-16(19-18-9-12-7-8-21-11-12)6-5-13-10-17-15-4-2-1-3-14(13)15/h1-4,7-11,17H,5-6H2,(H,19,20)/b18-9+. The normalized spacial score (nSPS) is 11.2. The molecule has 1 aromatic carbocycles. The number of benzene rings is 1. The number of aryl methyl sites for hydroxylation is 1. The van der Waals surface area contributed by atoms with E-state index in [1.54, 1.807) is 17.6 Å². The maximum absolute atomic E-state index is 11.8. The van der Waals surface area contributed by atoms with E-state index < -0.39 is 0 Å². The van der Waals surface area contributed by atoms with E-state index in [0.717, 1.165) is 16.6 Å². The predicted octanol–water partition coefficient (Wildman–Crippen LogP) is 3.31. The van der Waals surface area contributed by atoms with Crippen LogP contribution in [-0.2, 0) is 11.2 Å². The van der Waals surface area contributed by atoms with Crippen molar-refractivity contribution in [2.45, 2.75) is 12.8 Å². The van der Waals surface area contributed by atoms with E-state index in [0.29, 0.717) is 12.8 Å². The van der Waals surface area contributed by atoms with Gasteiger partial charge < -0.3 is 4.98 Å². The Morgan fingerprint density at radius 2 is 2.24 bits per heavy atom. The molecule has 5 heteroatoms. The van der Waals surface area contributed by atoms with Gasteiger partial charge in [0.05, 0.1) is 6.21 Å². The lowest BCUT2D eigenvalue weighted by atomic mass is 10.1. The van der Waals surface area contributed by atoms with Gasteiger partial charge in [0.1, 0.15) is 0 Å². The number of aromatic amines is 1. The van der Waals surface area contributed by atoms with E-state index in [2.05, 4.69) is 21.6 Å². The summed E-state index contributed by atoms with van der Waals surface area (Å²) in [5.41, 5.74) is 5.81. The first-order chi connectivity index (χ1) is 10.3. The van der Waals surface area contributed by atoms with Crippen molar-refractivity contribution >= 4 is 34.4 Å². The van der Waals surface area contributed by atoms with E-state index in [1.165, 1.54) is 5.39 Å². The van der Waals surface area contributed by atoms with E-state index in [1.807, 2.05) is 41.2 Å². The van der Waals surface area contributed by atoms with Gasteiger partial charge in [-0.05, 0) is 34.9 Å². The van der Waals surface area contributed by atoms with Crippen molar-refractivity contribution in [2.24, 2.45) is 5.10 Å². The van der Waals surface area contributed by atoms with E-state index in [-0.39, 0.29) is 5.91 Å². The zero-order valence-corrected chi connectivity index (χ0v) is 12.2. The molecule has 0 saturated carbocycles. The number of carbonyl (C=O) groups excluding carboxylic acids is 1. The van der Waals surface area contributed by atoms with Crippen LogP contribution in [-0.4, -0.2) is 17.1 Å². The van der Waals surface area contributed by atoms with E-state index in [9.17, 15) is 4.79 Å². The Morgan fingerprint density at radius 1 is 1.33 bits per heavy atom. The molecule has 0 spiro atoms. The van der Waals surface area contributed by atoms with Gasteiger partial charge in [0.2, 0.25) is 5.91 Å². The van der Waals surface area contributed by atoms with Gasteiger partial charge in [0.15, 0.2) is 0 Å². The number of hydrazone groups is 1. The average Bonchev–Trinajstić information content (AvgIpc) is 3.14. The summed E-state index contributed by atoms with van der Waals surface area (Å²) in [6, 6.07) is 10.0. The molecule has 21 heavy (non-hydrogen) atoms. The molecule has 0 aliphatic carbocycles. The number of rotatable bonds is 5. The van der Waals surface area contributed by atoms with Crippen molar-refractivity contribution in [2.75, 3.05) is 0 Å². The second kappa shape index (κ2) is 6.37. The van der Waals surface area contributed by atoms with Crippen LogP contribution in [0.25, 0.3) is 10.9 Å². The van der Waals surface area contributed by atoms with Crippen LogP contribution in [0, 0.1) is 0 Å². The molecule has 3 rings (SSSR count). The number of amides is 1. The molecule has 0 aliphatic heterocycles. The summed E-state index contributed by atoms with van der Waals surface area (Å²) in [4.78, 5) is 15.0. The number of para-hydroxylation sites is 1. The first-order valence-electron chi connectivity index (χ1n) is 6.72. The molecule has 1 amide bonds. The van der Waals surface area contributed by atoms with Crippen molar-refractivity contribution in [3.8, 4) is 0 Å². The van der Waals surface area contributed by atoms with Gasteiger partial charge in [0, 0.05) is 29.1 Å². The van der Waals surface area contributed by atoms with Crippen molar-refractivity contribution in [1.82, 2.24) is 10.4 Å². The fraction of sp³-hybridized carbons (Fsp3) is 0.125. The maximum Gasteiger partial charge on any atom is 0.240 e. The van der Waals surface area contributed by atoms with Crippen LogP contribution in [0.5, 0.6) is 0 Å². The van der Waals surface area contributed by atoms with Gasteiger partial charge in [-0.3, -0.25) is 4.79 Å². The Bertz CT molecular complexity index is 759. The maximum atomic E-state index is 11.8. The molecule has 2 heterocycles. The van der Waals surface area contributed by atoms with Crippen LogP contribution < -0.4 is 5.43 Å². The molecule has 3 aromatic rings. The monoisotopic (exact) mass is 297 g/mol. The van der Waals surface area contributed by atoms with Gasteiger partial charge in [-0.25, -0.2) is 5.43 Å². The third-order valence-corrected chi connectivity index (χ3v) is 3.94. The van der Waals surface area contributed by atoms with Crippen molar-refractivity contribution in [3.63, 3.8) is 0 Å². The molecule has 0 saturated heterocycles. The highest BCUT2D eigenvalue weighted by Gasteiger charge is 2.05. The Balaban J connectivity index is 1.54. The Hall–Kier alpha value is -2.40. The summed E-state index contributed by atoms with van der Waals surface area (Å²) >= 11 is 1.60. The highest BCUT2D eigenvalue weighted by Crippen LogP contribution is 2.18. The van der Waals surface area contributed by atoms with Crippen LogP contribution in [0.1, 0.15) is 17.5 Å². The number of aromatic nitrogens is 1. The number of H-pyrrole nitrogens is 1. The van der Waals surface area contributed by atoms with Crippen LogP contribution in [0.4, 0.5) is 0 Å². The minimum Gasteiger partial charge on any atom is -0.361 e. The van der Waals surface area contributed by atoms with Gasteiger partial charge in [0.25, 0.3) is 0 Å². The van der Waals surface area contributed by atoms with Crippen LogP contribution in [0.3, 0.4) is 0 Å². The second-order valence-corrected chi connectivity index (χ2v) is 5.49. The highest BCUT2D eigenvalue weighted by molar-refractivity contribution is 7.08. The minimum absolute atomic E-state index is 0.0771.